The Hall–Kier alpha value is -2.14. The van der Waals surface area contributed by atoms with Gasteiger partial charge in [-0.15, -0.1) is 0 Å². The van der Waals surface area contributed by atoms with Crippen molar-refractivity contribution in [3.05, 3.63) is 53.9 Å². The van der Waals surface area contributed by atoms with Gasteiger partial charge in [-0.3, -0.25) is 9.48 Å². The predicted octanol–water partition coefficient (Wildman–Crippen LogP) is 2.86. The van der Waals surface area contributed by atoms with Crippen LogP contribution in [0.5, 0.6) is 0 Å². The smallest absolute Gasteiger partial charge is 0.227 e. The second-order valence-electron chi connectivity index (χ2n) is 6.95. The molecule has 0 aliphatic carbocycles. The van der Waals surface area contributed by atoms with Gasteiger partial charge in [0.2, 0.25) is 5.91 Å². The van der Waals surface area contributed by atoms with Crippen molar-refractivity contribution >= 4 is 5.91 Å². The molecular weight excluding hydrogens is 314 g/mol. The Balaban J connectivity index is 1.69. The Morgan fingerprint density at radius 2 is 2.08 bits per heavy atom. The van der Waals surface area contributed by atoms with Gasteiger partial charge in [-0.05, 0) is 30.4 Å². The van der Waals surface area contributed by atoms with Crippen molar-refractivity contribution in [3.63, 3.8) is 0 Å². The lowest BCUT2D eigenvalue weighted by molar-refractivity contribution is -0.133. The molecule has 1 aromatic carbocycles. The largest absolute Gasteiger partial charge is 0.388 e. The van der Waals surface area contributed by atoms with Crippen LogP contribution in [0.2, 0.25) is 0 Å². The van der Waals surface area contributed by atoms with Gasteiger partial charge >= 0.3 is 0 Å². The van der Waals surface area contributed by atoms with Gasteiger partial charge in [0.1, 0.15) is 0 Å². The van der Waals surface area contributed by atoms with Crippen molar-refractivity contribution in [1.82, 2.24) is 14.7 Å². The third kappa shape index (κ3) is 4.69. The van der Waals surface area contributed by atoms with Crippen molar-refractivity contribution in [1.29, 1.82) is 0 Å². The molecule has 0 radical (unpaired) electrons. The van der Waals surface area contributed by atoms with Gasteiger partial charge < -0.3 is 10.0 Å². The molecule has 2 atom stereocenters. The van der Waals surface area contributed by atoms with Crippen molar-refractivity contribution in [2.45, 2.75) is 50.7 Å². The third-order valence-corrected chi connectivity index (χ3v) is 4.99. The first-order valence-electron chi connectivity index (χ1n) is 9.13. The van der Waals surface area contributed by atoms with E-state index >= 15 is 0 Å². The zero-order chi connectivity index (χ0) is 17.6. The van der Waals surface area contributed by atoms with Crippen LogP contribution < -0.4 is 0 Å². The second kappa shape index (κ2) is 8.30. The minimum absolute atomic E-state index is 0.0990. The number of aromatic nitrogens is 2. The Bertz CT molecular complexity index is 683. The quantitative estimate of drug-likeness (QED) is 0.910. The first-order valence-corrected chi connectivity index (χ1v) is 9.13. The van der Waals surface area contributed by atoms with Gasteiger partial charge in [-0.2, -0.15) is 5.10 Å². The molecule has 5 heteroatoms. The molecule has 1 fully saturated rings. The summed E-state index contributed by atoms with van der Waals surface area (Å²) < 4.78 is 1.72. The van der Waals surface area contributed by atoms with Gasteiger partial charge in [-0.25, -0.2) is 0 Å². The summed E-state index contributed by atoms with van der Waals surface area (Å²) in [6.45, 7) is 0.783. The minimum atomic E-state index is -0.530. The molecular formula is C20H27N3O2. The maximum Gasteiger partial charge on any atom is 0.227 e. The third-order valence-electron chi connectivity index (χ3n) is 4.99. The van der Waals surface area contributed by atoms with Gasteiger partial charge in [0.15, 0.2) is 0 Å². The van der Waals surface area contributed by atoms with Crippen LogP contribution in [0.1, 0.15) is 49.3 Å². The molecule has 134 valence electrons. The standard InChI is InChI=1S/C20H27N3O2/c1-22-15-16(14-21-22)12-20(25)23-11-7-3-6-10-18(23)13-19(24)17-8-4-2-5-9-17/h2,4-5,8-9,14-15,18-19,24H,3,6-7,10-13H2,1H3/t18-,19+/m0/s1. The van der Waals surface area contributed by atoms with E-state index in [4.69, 9.17) is 0 Å². The van der Waals surface area contributed by atoms with Crippen LogP contribution >= 0.6 is 0 Å². The highest BCUT2D eigenvalue weighted by Crippen LogP contribution is 2.27. The van der Waals surface area contributed by atoms with Crippen molar-refractivity contribution in [2.24, 2.45) is 7.05 Å². The Morgan fingerprint density at radius 3 is 2.80 bits per heavy atom. The molecule has 5 nitrogen and oxygen atoms in total. The minimum Gasteiger partial charge on any atom is -0.388 e. The van der Waals surface area contributed by atoms with Crippen LogP contribution in [-0.2, 0) is 18.3 Å². The first kappa shape index (κ1) is 17.7. The van der Waals surface area contributed by atoms with E-state index < -0.39 is 6.10 Å². The fourth-order valence-corrected chi connectivity index (χ4v) is 3.66. The molecule has 1 aliphatic heterocycles. The molecule has 0 bridgehead atoms. The van der Waals surface area contributed by atoms with E-state index in [0.29, 0.717) is 12.8 Å². The number of nitrogens with zero attached hydrogens (tertiary/aromatic N) is 3. The number of carbonyl (C=O) groups is 1. The molecule has 2 heterocycles. The number of aryl methyl sites for hydroxylation is 1. The molecule has 1 saturated heterocycles. The number of amides is 1. The molecule has 1 N–H and O–H groups in total. The van der Waals surface area contributed by atoms with Crippen molar-refractivity contribution in [2.75, 3.05) is 6.54 Å². The van der Waals surface area contributed by atoms with E-state index in [1.54, 1.807) is 10.9 Å². The number of hydrogen-bond donors (Lipinski definition) is 1. The summed E-state index contributed by atoms with van der Waals surface area (Å²) in [5.74, 6) is 0.139. The summed E-state index contributed by atoms with van der Waals surface area (Å²) >= 11 is 0. The van der Waals surface area contributed by atoms with Gasteiger partial charge in [0.05, 0.1) is 18.7 Å². The van der Waals surface area contributed by atoms with E-state index in [1.807, 2.05) is 48.5 Å². The highest BCUT2D eigenvalue weighted by Gasteiger charge is 2.27. The van der Waals surface area contributed by atoms with Crippen molar-refractivity contribution in [3.8, 4) is 0 Å². The lowest BCUT2D eigenvalue weighted by Crippen LogP contribution is -2.41. The molecule has 3 rings (SSSR count). The zero-order valence-corrected chi connectivity index (χ0v) is 14.8. The van der Waals surface area contributed by atoms with Gasteiger partial charge in [0.25, 0.3) is 0 Å². The lowest BCUT2D eigenvalue weighted by atomic mass is 9.98. The number of carbonyl (C=O) groups excluding carboxylic acids is 1. The van der Waals surface area contributed by atoms with E-state index in [0.717, 1.165) is 43.4 Å². The highest BCUT2D eigenvalue weighted by molar-refractivity contribution is 5.79. The van der Waals surface area contributed by atoms with Gasteiger partial charge in [0, 0.05) is 25.8 Å². The van der Waals surface area contributed by atoms with Crippen molar-refractivity contribution < 1.29 is 9.90 Å². The molecule has 0 unspecified atom stereocenters. The summed E-state index contributed by atoms with van der Waals surface area (Å²) in [4.78, 5) is 14.9. The van der Waals surface area contributed by atoms with E-state index in [9.17, 15) is 9.90 Å². The molecule has 1 amide bonds. The fourth-order valence-electron chi connectivity index (χ4n) is 3.66. The molecule has 0 saturated carbocycles. The van der Waals surface area contributed by atoms with Gasteiger partial charge in [-0.1, -0.05) is 43.2 Å². The molecule has 1 aliphatic rings. The second-order valence-corrected chi connectivity index (χ2v) is 6.95. The van der Waals surface area contributed by atoms with Crippen LogP contribution in [0.25, 0.3) is 0 Å². The van der Waals surface area contributed by atoms with Crippen LogP contribution in [0.3, 0.4) is 0 Å². The average Bonchev–Trinajstić information content (AvgIpc) is 2.88. The first-order chi connectivity index (χ1) is 12.1. The normalized spacial score (nSPS) is 19.4. The number of aliphatic hydroxyl groups excluding tert-OH is 1. The molecule has 25 heavy (non-hydrogen) atoms. The SMILES string of the molecule is Cn1cc(CC(=O)N2CCCCC[C@H]2C[C@@H](O)c2ccccc2)cn1. The maximum atomic E-state index is 12.9. The highest BCUT2D eigenvalue weighted by atomic mass is 16.3. The number of benzene rings is 1. The van der Waals surface area contributed by atoms with Crippen LogP contribution in [0.15, 0.2) is 42.7 Å². The topological polar surface area (TPSA) is 58.4 Å². The number of rotatable bonds is 5. The summed E-state index contributed by atoms with van der Waals surface area (Å²) in [6.07, 6.45) is 8.36. The fraction of sp³-hybridized carbons (Fsp3) is 0.500. The number of hydrogen-bond acceptors (Lipinski definition) is 3. The number of likely N-dealkylation sites (tertiary alicyclic amines) is 1. The zero-order valence-electron chi connectivity index (χ0n) is 14.8. The summed E-state index contributed by atoms with van der Waals surface area (Å²) in [5.41, 5.74) is 1.87. The van der Waals surface area contributed by atoms with Crippen LogP contribution in [0.4, 0.5) is 0 Å². The summed E-state index contributed by atoms with van der Waals surface area (Å²) in [6, 6.07) is 9.83. The van der Waals surface area contributed by atoms with Crippen LogP contribution in [-0.4, -0.2) is 38.3 Å². The molecule has 2 aromatic rings. The Labute approximate surface area is 149 Å². The maximum absolute atomic E-state index is 12.9. The van der Waals surface area contributed by atoms with E-state index in [-0.39, 0.29) is 11.9 Å². The Morgan fingerprint density at radius 1 is 1.28 bits per heavy atom. The Kier molecular flexibility index (Phi) is 5.87. The van der Waals surface area contributed by atoms with Crippen LogP contribution in [0, 0.1) is 0 Å². The average molecular weight is 341 g/mol. The monoisotopic (exact) mass is 341 g/mol. The number of aliphatic hydroxyl groups is 1. The van der Waals surface area contributed by atoms with E-state index in [1.165, 1.54) is 0 Å². The summed E-state index contributed by atoms with van der Waals surface area (Å²) in [5, 5.41) is 14.8. The summed E-state index contributed by atoms with van der Waals surface area (Å²) in [7, 11) is 1.86. The lowest BCUT2D eigenvalue weighted by Gasteiger charge is -2.31. The van der Waals surface area contributed by atoms with E-state index in [2.05, 4.69) is 5.10 Å². The molecule has 1 aromatic heterocycles. The predicted molar refractivity (Wildman–Crippen MR) is 96.9 cm³/mol. The molecule has 0 spiro atoms.